The zero-order valence-electron chi connectivity index (χ0n) is 11.6. The van der Waals surface area contributed by atoms with Crippen molar-refractivity contribution in [3.8, 4) is 0 Å². The van der Waals surface area contributed by atoms with E-state index in [0.717, 1.165) is 0 Å². The molecule has 0 unspecified atom stereocenters. The molecular weight excluding hydrogens is 349 g/mol. The number of nitrogens with two attached hydrogens (primary N) is 2. The molecule has 0 aliphatic rings. The zero-order chi connectivity index (χ0) is 17.5. The van der Waals surface area contributed by atoms with Crippen molar-refractivity contribution in [2.24, 2.45) is 21.7 Å². The van der Waals surface area contributed by atoms with Gasteiger partial charge in [0.15, 0.2) is 10.2 Å². The highest BCUT2D eigenvalue weighted by atomic mass is 32.1. The summed E-state index contributed by atoms with van der Waals surface area (Å²) in [6.07, 6.45) is -5.34. The molecule has 0 fully saturated rings. The van der Waals surface area contributed by atoms with Crippen LogP contribution in [0.15, 0.2) is 40.5 Å². The van der Waals surface area contributed by atoms with Crippen LogP contribution in [-0.2, 0) is 0 Å². The Hall–Kier alpha value is -2.27. The van der Waals surface area contributed by atoms with Crippen LogP contribution in [0.2, 0.25) is 0 Å². The molecule has 6 N–H and O–H groups in total. The molecule has 0 aliphatic heterocycles. The lowest BCUT2D eigenvalue weighted by Crippen LogP contribution is -2.33. The first-order chi connectivity index (χ1) is 10.7. The molecule has 0 atom stereocenters. The van der Waals surface area contributed by atoms with Gasteiger partial charge in [-0.05, 0) is 30.0 Å². The average Bonchev–Trinajstić information content (AvgIpc) is 2.45. The Kier molecular flexibility index (Phi) is 6.85. The molecule has 0 radical (unpaired) electrons. The van der Waals surface area contributed by atoms with E-state index in [-0.39, 0.29) is 15.9 Å². The van der Waals surface area contributed by atoms with Crippen LogP contribution in [0.5, 0.6) is 0 Å². The van der Waals surface area contributed by atoms with Crippen LogP contribution in [0.4, 0.5) is 13.2 Å². The molecule has 11 heteroatoms. The molecule has 6 nitrogen and oxygen atoms in total. The highest BCUT2D eigenvalue weighted by Crippen LogP contribution is 2.21. The number of hydrogen-bond acceptors (Lipinski definition) is 4. The maximum atomic E-state index is 13.1. The van der Waals surface area contributed by atoms with Crippen molar-refractivity contribution < 1.29 is 13.2 Å². The molecule has 0 heterocycles. The minimum Gasteiger partial charge on any atom is -0.375 e. The fourth-order valence-electron chi connectivity index (χ4n) is 1.44. The van der Waals surface area contributed by atoms with Gasteiger partial charge in [0.05, 0.1) is 5.71 Å². The predicted octanol–water partition coefficient (Wildman–Crippen LogP) is 1.37. The fraction of sp³-hybridized carbons (Fsp3) is 0.167. The third kappa shape index (κ3) is 7.02. The van der Waals surface area contributed by atoms with Crippen LogP contribution in [0.1, 0.15) is 12.0 Å². The summed E-state index contributed by atoms with van der Waals surface area (Å²) in [5, 5.41) is 6.43. The van der Waals surface area contributed by atoms with E-state index in [1.807, 2.05) is 5.43 Å². The highest BCUT2D eigenvalue weighted by Gasteiger charge is 2.37. The van der Waals surface area contributed by atoms with Crippen LogP contribution < -0.4 is 22.3 Å². The van der Waals surface area contributed by atoms with Crippen molar-refractivity contribution in [1.29, 1.82) is 0 Å². The monoisotopic (exact) mass is 362 g/mol. The summed E-state index contributed by atoms with van der Waals surface area (Å²) >= 11 is 9.04. The van der Waals surface area contributed by atoms with Gasteiger partial charge in [-0.2, -0.15) is 23.4 Å². The number of nitrogens with zero attached hydrogens (tertiary/aromatic N) is 2. The molecule has 0 saturated heterocycles. The molecule has 1 rings (SSSR count). The van der Waals surface area contributed by atoms with E-state index in [4.69, 9.17) is 11.5 Å². The van der Waals surface area contributed by atoms with Crippen LogP contribution in [0, 0.1) is 0 Å². The molecule has 124 valence electrons. The fourth-order valence-corrected chi connectivity index (χ4v) is 1.53. The molecule has 0 aromatic heterocycles. The van der Waals surface area contributed by atoms with Gasteiger partial charge in [-0.15, -0.1) is 0 Å². The van der Waals surface area contributed by atoms with Crippen LogP contribution in [-0.4, -0.2) is 27.8 Å². The molecule has 0 aliphatic carbocycles. The maximum Gasteiger partial charge on any atom is 0.431 e. The third-order valence-electron chi connectivity index (χ3n) is 2.37. The summed E-state index contributed by atoms with van der Waals surface area (Å²) in [6.45, 7) is 0. The number of alkyl halides is 3. The number of nitrogens with one attached hydrogen (secondary N) is 2. The lowest BCUT2D eigenvalue weighted by molar-refractivity contribution is -0.0601. The van der Waals surface area contributed by atoms with Crippen molar-refractivity contribution in [2.45, 2.75) is 12.6 Å². The van der Waals surface area contributed by atoms with Crippen molar-refractivity contribution in [3.05, 3.63) is 35.9 Å². The van der Waals surface area contributed by atoms with Gasteiger partial charge < -0.3 is 11.5 Å². The summed E-state index contributed by atoms with van der Waals surface area (Å²) < 4.78 is 39.2. The van der Waals surface area contributed by atoms with E-state index < -0.39 is 18.3 Å². The largest absolute Gasteiger partial charge is 0.431 e. The SMILES string of the molecule is NC(=S)NN=C(CC(=NNC(N)=S)C(F)(F)F)c1ccccc1. The van der Waals surface area contributed by atoms with E-state index in [2.05, 4.69) is 40.1 Å². The highest BCUT2D eigenvalue weighted by molar-refractivity contribution is 7.80. The molecule has 0 bridgehead atoms. The Labute approximate surface area is 140 Å². The Balaban J connectivity index is 3.15. The molecule has 0 spiro atoms. The van der Waals surface area contributed by atoms with E-state index in [1.165, 1.54) is 0 Å². The first-order valence-electron chi connectivity index (χ1n) is 6.06. The minimum absolute atomic E-state index is 0.0409. The smallest absolute Gasteiger partial charge is 0.375 e. The second kappa shape index (κ2) is 8.39. The molecule has 0 saturated carbocycles. The second-order valence-corrected chi connectivity index (χ2v) is 4.99. The Morgan fingerprint density at radius 3 is 2.00 bits per heavy atom. The summed E-state index contributed by atoms with van der Waals surface area (Å²) in [5.74, 6) is 0. The van der Waals surface area contributed by atoms with Gasteiger partial charge in [-0.3, -0.25) is 10.9 Å². The molecule has 1 aromatic carbocycles. The quantitative estimate of drug-likeness (QED) is 0.359. The Morgan fingerprint density at radius 1 is 1.00 bits per heavy atom. The molecule has 23 heavy (non-hydrogen) atoms. The maximum absolute atomic E-state index is 13.1. The second-order valence-electron chi connectivity index (χ2n) is 4.11. The normalized spacial score (nSPS) is 12.7. The van der Waals surface area contributed by atoms with Gasteiger partial charge in [-0.25, -0.2) is 0 Å². The van der Waals surface area contributed by atoms with Crippen molar-refractivity contribution in [2.75, 3.05) is 0 Å². The first-order valence-corrected chi connectivity index (χ1v) is 6.88. The summed E-state index contributed by atoms with van der Waals surface area (Å²) in [5.41, 5.74) is 13.9. The zero-order valence-corrected chi connectivity index (χ0v) is 13.2. The van der Waals surface area contributed by atoms with Gasteiger partial charge in [0, 0.05) is 6.42 Å². The van der Waals surface area contributed by atoms with Gasteiger partial charge in [-0.1, -0.05) is 30.3 Å². The lowest BCUT2D eigenvalue weighted by atomic mass is 10.0. The van der Waals surface area contributed by atoms with E-state index in [1.54, 1.807) is 30.3 Å². The summed E-state index contributed by atoms with van der Waals surface area (Å²) in [4.78, 5) is 0. The van der Waals surface area contributed by atoms with Crippen molar-refractivity contribution >= 4 is 46.1 Å². The number of rotatable bonds is 5. The summed E-state index contributed by atoms with van der Waals surface area (Å²) in [6, 6.07) is 8.21. The summed E-state index contributed by atoms with van der Waals surface area (Å²) in [7, 11) is 0. The Bertz CT molecular complexity index is 627. The standard InChI is InChI=1S/C12H13F3N6S2/c13-12(14,15)9(19-21-11(17)23)6-8(18-20-10(16)22)7-4-2-1-3-5-7/h1-5H,6H2,(H3,16,20,22)(H3,17,21,23). The number of hydrazone groups is 2. The Morgan fingerprint density at radius 2 is 1.52 bits per heavy atom. The lowest BCUT2D eigenvalue weighted by Gasteiger charge is -2.13. The number of benzene rings is 1. The van der Waals surface area contributed by atoms with Crippen molar-refractivity contribution in [3.63, 3.8) is 0 Å². The average molecular weight is 362 g/mol. The van der Waals surface area contributed by atoms with Crippen LogP contribution in [0.3, 0.4) is 0 Å². The third-order valence-corrected chi connectivity index (χ3v) is 2.55. The minimum atomic E-state index is -4.70. The van der Waals surface area contributed by atoms with Crippen molar-refractivity contribution in [1.82, 2.24) is 10.9 Å². The topological polar surface area (TPSA) is 101 Å². The van der Waals surface area contributed by atoms with E-state index in [9.17, 15) is 13.2 Å². The number of halogens is 3. The van der Waals surface area contributed by atoms with Crippen LogP contribution in [0.25, 0.3) is 0 Å². The van der Waals surface area contributed by atoms with Crippen LogP contribution >= 0.6 is 24.4 Å². The number of thiocarbonyl (C=S) groups is 2. The van der Waals surface area contributed by atoms with Gasteiger partial charge in [0.2, 0.25) is 0 Å². The first kappa shape index (κ1) is 18.8. The molecular formula is C12H13F3N6S2. The molecule has 0 amide bonds. The van der Waals surface area contributed by atoms with Gasteiger partial charge in [0.1, 0.15) is 5.71 Å². The molecule has 1 aromatic rings. The van der Waals surface area contributed by atoms with E-state index >= 15 is 0 Å². The van der Waals surface area contributed by atoms with E-state index in [0.29, 0.717) is 5.56 Å². The predicted molar refractivity (Wildman–Crippen MR) is 90.9 cm³/mol. The van der Waals surface area contributed by atoms with Gasteiger partial charge in [0.25, 0.3) is 0 Å². The van der Waals surface area contributed by atoms with Gasteiger partial charge >= 0.3 is 6.18 Å². The number of hydrogen-bond donors (Lipinski definition) is 4.